The maximum atomic E-state index is 5.98. The molecule has 0 radical (unpaired) electrons. The molecule has 1 aromatic heterocycles. The van der Waals surface area contributed by atoms with E-state index in [0.29, 0.717) is 18.6 Å². The first kappa shape index (κ1) is 13.2. The van der Waals surface area contributed by atoms with Crippen LogP contribution in [0.5, 0.6) is 0 Å². The van der Waals surface area contributed by atoms with Crippen molar-refractivity contribution in [3.8, 4) is 0 Å². The van der Waals surface area contributed by atoms with Crippen molar-refractivity contribution in [2.24, 2.45) is 5.92 Å². The van der Waals surface area contributed by atoms with Crippen LogP contribution in [0, 0.1) is 5.92 Å². The molecule has 1 aromatic carbocycles. The normalized spacial score (nSPS) is 19.7. The number of hydrogen-bond acceptors (Lipinski definition) is 4. The summed E-state index contributed by atoms with van der Waals surface area (Å²) in [5.74, 6) is 1.66. The fraction of sp³-hybridized carbons (Fsp3) is 0.533. The van der Waals surface area contributed by atoms with Crippen molar-refractivity contribution in [3.63, 3.8) is 0 Å². The lowest BCUT2D eigenvalue weighted by Gasteiger charge is -2.18. The highest BCUT2D eigenvalue weighted by atomic mass is 35.5. The molecule has 1 heterocycles. The summed E-state index contributed by atoms with van der Waals surface area (Å²) in [6.07, 6.45) is 4.96. The minimum Gasteiger partial charge on any atom is -0.303 e. The molecular weight excluding hydrogens is 286 g/mol. The van der Waals surface area contributed by atoms with E-state index >= 15 is 0 Å². The smallest absolute Gasteiger partial charge is 0.165 e. The molecule has 1 N–H and O–H groups in total. The molecule has 0 aliphatic heterocycles. The lowest BCUT2D eigenvalue weighted by molar-refractivity contribution is 0.457. The quantitative estimate of drug-likeness (QED) is 0.891. The van der Waals surface area contributed by atoms with Gasteiger partial charge in [-0.2, -0.15) is 0 Å². The lowest BCUT2D eigenvalue weighted by Crippen LogP contribution is -2.24. The first-order valence-electron chi connectivity index (χ1n) is 7.57. The number of tetrazole rings is 1. The zero-order chi connectivity index (χ0) is 14.2. The van der Waals surface area contributed by atoms with Crippen LogP contribution in [0.3, 0.4) is 0 Å². The van der Waals surface area contributed by atoms with Crippen molar-refractivity contribution in [3.05, 3.63) is 40.7 Å². The number of benzene rings is 1. The number of nitrogens with zero attached hydrogens (tertiary/aromatic N) is 4. The van der Waals surface area contributed by atoms with Gasteiger partial charge in [-0.05, 0) is 59.7 Å². The van der Waals surface area contributed by atoms with Crippen LogP contribution < -0.4 is 5.32 Å². The third-order valence-corrected chi connectivity index (χ3v) is 4.51. The van der Waals surface area contributed by atoms with Gasteiger partial charge < -0.3 is 5.32 Å². The number of aromatic nitrogens is 4. The van der Waals surface area contributed by atoms with Crippen LogP contribution in [0.25, 0.3) is 0 Å². The largest absolute Gasteiger partial charge is 0.303 e. The second-order valence-electron chi connectivity index (χ2n) is 6.02. The minimum atomic E-state index is 0.367. The zero-order valence-electron chi connectivity index (χ0n) is 11.7. The molecule has 2 saturated carbocycles. The average molecular weight is 304 g/mol. The van der Waals surface area contributed by atoms with E-state index in [1.807, 2.05) is 16.8 Å². The van der Waals surface area contributed by atoms with Crippen LogP contribution in [0.15, 0.2) is 24.3 Å². The molecule has 110 valence electrons. The van der Waals surface area contributed by atoms with Crippen molar-refractivity contribution in [1.82, 2.24) is 25.5 Å². The summed E-state index contributed by atoms with van der Waals surface area (Å²) in [7, 11) is 0. The maximum Gasteiger partial charge on any atom is 0.165 e. The molecule has 6 heteroatoms. The lowest BCUT2D eigenvalue weighted by atomic mass is 10.0. The van der Waals surface area contributed by atoms with E-state index in [1.165, 1.54) is 31.2 Å². The summed E-state index contributed by atoms with van der Waals surface area (Å²) in [5, 5.41) is 16.5. The van der Waals surface area contributed by atoms with E-state index in [0.717, 1.165) is 16.8 Å². The van der Waals surface area contributed by atoms with Crippen LogP contribution in [-0.4, -0.2) is 20.2 Å². The van der Waals surface area contributed by atoms with Gasteiger partial charge in [0.15, 0.2) is 5.82 Å². The van der Waals surface area contributed by atoms with E-state index in [2.05, 4.69) is 33.0 Å². The molecule has 1 atom stereocenters. The second kappa shape index (κ2) is 5.39. The molecule has 0 bridgehead atoms. The van der Waals surface area contributed by atoms with E-state index in [9.17, 15) is 0 Å². The molecule has 0 unspecified atom stereocenters. The predicted molar refractivity (Wildman–Crippen MR) is 79.8 cm³/mol. The van der Waals surface area contributed by atoms with Gasteiger partial charge in [0.2, 0.25) is 0 Å². The summed E-state index contributed by atoms with van der Waals surface area (Å²) >= 11 is 5.98. The Labute approximate surface area is 128 Å². The van der Waals surface area contributed by atoms with Crippen LogP contribution in [-0.2, 0) is 6.54 Å². The average Bonchev–Trinajstić information content (AvgIpc) is 3.41. The monoisotopic (exact) mass is 303 g/mol. The maximum absolute atomic E-state index is 5.98. The summed E-state index contributed by atoms with van der Waals surface area (Å²) in [6.45, 7) is 0.716. The van der Waals surface area contributed by atoms with Gasteiger partial charge in [-0.15, -0.1) is 5.10 Å². The molecule has 4 rings (SSSR count). The van der Waals surface area contributed by atoms with Crippen molar-refractivity contribution in [2.45, 2.75) is 44.3 Å². The van der Waals surface area contributed by atoms with Gasteiger partial charge in [0.25, 0.3) is 0 Å². The molecule has 2 aromatic rings. The van der Waals surface area contributed by atoms with E-state index < -0.39 is 0 Å². The molecule has 5 nitrogen and oxygen atoms in total. The Morgan fingerprint density at radius 1 is 1.19 bits per heavy atom. The minimum absolute atomic E-state index is 0.367. The highest BCUT2D eigenvalue weighted by molar-refractivity contribution is 6.30. The van der Waals surface area contributed by atoms with E-state index in [4.69, 9.17) is 11.6 Å². The predicted octanol–water partition coefficient (Wildman–Crippen LogP) is 2.90. The highest BCUT2D eigenvalue weighted by Crippen LogP contribution is 2.41. The standard InChI is InChI=1S/C15H18ClN5/c16-12-5-3-11(4-6-12)15(10-1-2-10)17-9-14-18-19-20-21(14)13-7-8-13/h3-6,10,13,15,17H,1-2,7-9H2/t15-/m0/s1. The Balaban J connectivity index is 1.47. The molecular formula is C15H18ClN5. The summed E-state index contributed by atoms with van der Waals surface area (Å²) in [6, 6.07) is 9.03. The molecule has 2 aliphatic rings. The first-order valence-corrected chi connectivity index (χ1v) is 7.94. The summed E-state index contributed by atoms with van der Waals surface area (Å²) in [4.78, 5) is 0. The Morgan fingerprint density at radius 3 is 2.62 bits per heavy atom. The van der Waals surface area contributed by atoms with Crippen molar-refractivity contribution in [2.75, 3.05) is 0 Å². The Bertz CT molecular complexity index is 615. The fourth-order valence-electron chi connectivity index (χ4n) is 2.79. The molecule has 21 heavy (non-hydrogen) atoms. The molecule has 2 aliphatic carbocycles. The van der Waals surface area contributed by atoms with Gasteiger partial charge in [0.1, 0.15) is 0 Å². The first-order chi connectivity index (χ1) is 10.3. The Kier molecular flexibility index (Phi) is 3.39. The van der Waals surface area contributed by atoms with Crippen molar-refractivity contribution < 1.29 is 0 Å². The highest BCUT2D eigenvalue weighted by Gasteiger charge is 2.33. The summed E-state index contributed by atoms with van der Waals surface area (Å²) < 4.78 is 1.97. The van der Waals surface area contributed by atoms with Gasteiger partial charge in [0.05, 0.1) is 12.6 Å². The Hall–Kier alpha value is -1.46. The van der Waals surface area contributed by atoms with E-state index in [-0.39, 0.29) is 0 Å². The fourth-order valence-corrected chi connectivity index (χ4v) is 2.91. The third-order valence-electron chi connectivity index (χ3n) is 4.26. The summed E-state index contributed by atoms with van der Waals surface area (Å²) in [5.41, 5.74) is 1.30. The van der Waals surface area contributed by atoms with Crippen LogP contribution >= 0.6 is 11.6 Å². The Morgan fingerprint density at radius 2 is 1.95 bits per heavy atom. The van der Waals surface area contributed by atoms with Gasteiger partial charge in [-0.1, -0.05) is 23.7 Å². The topological polar surface area (TPSA) is 55.6 Å². The van der Waals surface area contributed by atoms with E-state index in [1.54, 1.807) is 0 Å². The SMILES string of the molecule is Clc1ccc([C@@H](NCc2nnnn2C2CC2)C2CC2)cc1. The number of rotatable bonds is 6. The van der Waals surface area contributed by atoms with Crippen molar-refractivity contribution >= 4 is 11.6 Å². The van der Waals surface area contributed by atoms with Gasteiger partial charge >= 0.3 is 0 Å². The van der Waals surface area contributed by atoms with Crippen LogP contribution in [0.4, 0.5) is 0 Å². The van der Waals surface area contributed by atoms with Crippen LogP contribution in [0.1, 0.15) is 49.2 Å². The molecule has 0 saturated heterocycles. The van der Waals surface area contributed by atoms with Crippen LogP contribution in [0.2, 0.25) is 5.02 Å². The molecule has 2 fully saturated rings. The molecule has 0 amide bonds. The van der Waals surface area contributed by atoms with Gasteiger partial charge in [0, 0.05) is 11.1 Å². The van der Waals surface area contributed by atoms with Crippen molar-refractivity contribution in [1.29, 1.82) is 0 Å². The van der Waals surface area contributed by atoms with Gasteiger partial charge in [-0.25, -0.2) is 4.68 Å². The zero-order valence-corrected chi connectivity index (χ0v) is 12.5. The van der Waals surface area contributed by atoms with Gasteiger partial charge in [-0.3, -0.25) is 0 Å². The number of hydrogen-bond donors (Lipinski definition) is 1. The number of halogens is 1. The third kappa shape index (κ3) is 2.94. The number of nitrogens with one attached hydrogen (secondary N) is 1. The molecule has 0 spiro atoms. The second-order valence-corrected chi connectivity index (χ2v) is 6.45.